The van der Waals surface area contributed by atoms with Crippen LogP contribution in [0.3, 0.4) is 0 Å². The standard InChI is InChI=1S/C19H20F2N2O4/c1-19(2,3)27-18(25)22-12-6-7-13(20)15(10-12)23-17(24)11-5-8-16(26-4)14(21)9-11/h5-10H,1-4H3,(H,22,25)(H,23,24). The number of halogens is 2. The summed E-state index contributed by atoms with van der Waals surface area (Å²) in [6, 6.07) is 7.25. The molecule has 144 valence electrons. The molecule has 2 N–H and O–H groups in total. The van der Waals surface area contributed by atoms with E-state index >= 15 is 0 Å². The number of nitrogens with one attached hydrogen (secondary N) is 2. The molecule has 27 heavy (non-hydrogen) atoms. The maximum absolute atomic E-state index is 14.0. The molecule has 0 bridgehead atoms. The number of hydrogen-bond acceptors (Lipinski definition) is 4. The maximum atomic E-state index is 14.0. The Labute approximate surface area is 155 Å². The van der Waals surface area contributed by atoms with Gasteiger partial charge in [0.1, 0.15) is 11.4 Å². The van der Waals surface area contributed by atoms with Gasteiger partial charge in [0, 0.05) is 11.3 Å². The third-order valence-corrected chi connectivity index (χ3v) is 3.27. The summed E-state index contributed by atoms with van der Waals surface area (Å²) in [7, 11) is 1.30. The molecule has 0 spiro atoms. The Hall–Kier alpha value is -3.16. The van der Waals surface area contributed by atoms with Gasteiger partial charge in [0.15, 0.2) is 11.6 Å². The van der Waals surface area contributed by atoms with E-state index in [1.165, 1.54) is 31.4 Å². The number of benzene rings is 2. The van der Waals surface area contributed by atoms with Crippen LogP contribution in [0.25, 0.3) is 0 Å². The van der Waals surface area contributed by atoms with E-state index in [-0.39, 0.29) is 22.7 Å². The maximum Gasteiger partial charge on any atom is 0.412 e. The van der Waals surface area contributed by atoms with Crippen molar-refractivity contribution in [2.75, 3.05) is 17.7 Å². The van der Waals surface area contributed by atoms with Crippen LogP contribution in [0, 0.1) is 11.6 Å². The van der Waals surface area contributed by atoms with Gasteiger partial charge in [0.25, 0.3) is 5.91 Å². The molecule has 0 fully saturated rings. The molecule has 2 aromatic carbocycles. The highest BCUT2D eigenvalue weighted by Gasteiger charge is 2.17. The Morgan fingerprint density at radius 3 is 2.26 bits per heavy atom. The van der Waals surface area contributed by atoms with E-state index in [1.54, 1.807) is 20.8 Å². The molecule has 0 aliphatic heterocycles. The van der Waals surface area contributed by atoms with E-state index in [0.29, 0.717) is 0 Å². The molecular formula is C19H20F2N2O4. The Kier molecular flexibility index (Phi) is 5.99. The van der Waals surface area contributed by atoms with Crippen LogP contribution < -0.4 is 15.4 Å². The zero-order valence-corrected chi connectivity index (χ0v) is 15.4. The summed E-state index contributed by atoms with van der Waals surface area (Å²) < 4.78 is 37.6. The summed E-state index contributed by atoms with van der Waals surface area (Å²) in [5.41, 5.74) is -0.663. The fourth-order valence-electron chi connectivity index (χ4n) is 2.12. The van der Waals surface area contributed by atoms with Crippen LogP contribution in [0.4, 0.5) is 25.0 Å². The molecule has 2 aromatic rings. The summed E-state index contributed by atoms with van der Waals surface area (Å²) in [6.45, 7) is 5.12. The van der Waals surface area contributed by atoms with Crippen LogP contribution in [0.5, 0.6) is 5.75 Å². The van der Waals surface area contributed by atoms with Gasteiger partial charge in [-0.3, -0.25) is 10.1 Å². The second kappa shape index (κ2) is 8.03. The molecule has 0 aromatic heterocycles. The van der Waals surface area contributed by atoms with Gasteiger partial charge in [0.05, 0.1) is 12.8 Å². The number of ether oxygens (including phenoxy) is 2. The van der Waals surface area contributed by atoms with Gasteiger partial charge in [0.2, 0.25) is 0 Å². The highest BCUT2D eigenvalue weighted by molar-refractivity contribution is 6.04. The van der Waals surface area contributed by atoms with E-state index < -0.39 is 29.2 Å². The number of hydrogen-bond donors (Lipinski definition) is 2. The average Bonchev–Trinajstić information content (AvgIpc) is 2.56. The van der Waals surface area contributed by atoms with E-state index in [2.05, 4.69) is 10.6 Å². The third-order valence-electron chi connectivity index (χ3n) is 3.27. The first-order valence-corrected chi connectivity index (χ1v) is 8.03. The Bertz CT molecular complexity index is 863. The lowest BCUT2D eigenvalue weighted by Crippen LogP contribution is -2.27. The first-order chi connectivity index (χ1) is 12.6. The number of carbonyl (C=O) groups excluding carboxylic acids is 2. The molecule has 8 heteroatoms. The molecular weight excluding hydrogens is 358 g/mol. The number of anilines is 2. The fraction of sp³-hybridized carbons (Fsp3) is 0.263. The lowest BCUT2D eigenvalue weighted by Gasteiger charge is -2.19. The highest BCUT2D eigenvalue weighted by atomic mass is 19.1. The molecule has 0 saturated heterocycles. The van der Waals surface area contributed by atoms with Crippen LogP contribution >= 0.6 is 0 Å². The van der Waals surface area contributed by atoms with Crippen molar-refractivity contribution < 1.29 is 27.8 Å². The molecule has 2 rings (SSSR count). The monoisotopic (exact) mass is 378 g/mol. The number of methoxy groups -OCH3 is 1. The smallest absolute Gasteiger partial charge is 0.412 e. The van der Waals surface area contributed by atoms with Crippen molar-refractivity contribution in [3.8, 4) is 5.75 Å². The largest absolute Gasteiger partial charge is 0.494 e. The van der Waals surface area contributed by atoms with Crippen molar-refractivity contribution in [1.29, 1.82) is 0 Å². The van der Waals surface area contributed by atoms with Crippen molar-refractivity contribution in [1.82, 2.24) is 0 Å². The second-order valence-electron chi connectivity index (χ2n) is 6.62. The van der Waals surface area contributed by atoms with Crippen molar-refractivity contribution in [2.24, 2.45) is 0 Å². The molecule has 0 atom stereocenters. The molecule has 0 saturated carbocycles. The van der Waals surface area contributed by atoms with Crippen molar-refractivity contribution in [3.05, 3.63) is 53.6 Å². The lowest BCUT2D eigenvalue weighted by molar-refractivity contribution is 0.0635. The first-order valence-electron chi connectivity index (χ1n) is 8.03. The molecule has 6 nitrogen and oxygen atoms in total. The first kappa shape index (κ1) is 20.2. The summed E-state index contributed by atoms with van der Waals surface area (Å²) >= 11 is 0. The molecule has 0 aliphatic rings. The predicted molar refractivity (Wildman–Crippen MR) is 97.2 cm³/mol. The Balaban J connectivity index is 2.15. The fourth-order valence-corrected chi connectivity index (χ4v) is 2.12. The molecule has 0 heterocycles. The van der Waals surface area contributed by atoms with E-state index in [0.717, 1.165) is 12.1 Å². The minimum absolute atomic E-state index is 0.0127. The van der Waals surface area contributed by atoms with E-state index in [9.17, 15) is 18.4 Å². The topological polar surface area (TPSA) is 76.7 Å². The van der Waals surface area contributed by atoms with Gasteiger partial charge >= 0.3 is 6.09 Å². The zero-order chi connectivity index (χ0) is 20.2. The van der Waals surface area contributed by atoms with E-state index in [4.69, 9.17) is 9.47 Å². The van der Waals surface area contributed by atoms with Crippen molar-refractivity contribution in [3.63, 3.8) is 0 Å². The van der Waals surface area contributed by atoms with Crippen molar-refractivity contribution >= 4 is 23.4 Å². The second-order valence-corrected chi connectivity index (χ2v) is 6.62. The molecule has 0 unspecified atom stereocenters. The summed E-state index contributed by atoms with van der Waals surface area (Å²) in [5, 5.41) is 4.79. The Morgan fingerprint density at radius 1 is 0.963 bits per heavy atom. The summed E-state index contributed by atoms with van der Waals surface area (Å²) in [4.78, 5) is 24.0. The average molecular weight is 378 g/mol. The van der Waals surface area contributed by atoms with E-state index in [1.807, 2.05) is 0 Å². The zero-order valence-electron chi connectivity index (χ0n) is 15.4. The van der Waals surface area contributed by atoms with Gasteiger partial charge in [-0.25, -0.2) is 13.6 Å². The molecule has 0 radical (unpaired) electrons. The van der Waals surface area contributed by atoms with Gasteiger partial charge < -0.3 is 14.8 Å². The molecule has 0 aliphatic carbocycles. The highest BCUT2D eigenvalue weighted by Crippen LogP contribution is 2.23. The quantitative estimate of drug-likeness (QED) is 0.817. The number of carbonyl (C=O) groups is 2. The van der Waals surface area contributed by atoms with Crippen LogP contribution in [-0.4, -0.2) is 24.7 Å². The van der Waals surface area contributed by atoms with Crippen LogP contribution in [-0.2, 0) is 4.74 Å². The Morgan fingerprint density at radius 2 is 1.67 bits per heavy atom. The number of rotatable bonds is 4. The van der Waals surface area contributed by atoms with Crippen LogP contribution in [0.2, 0.25) is 0 Å². The van der Waals surface area contributed by atoms with Crippen LogP contribution in [0.1, 0.15) is 31.1 Å². The summed E-state index contributed by atoms with van der Waals surface area (Å²) in [6.07, 6.45) is -0.719. The summed E-state index contributed by atoms with van der Waals surface area (Å²) in [5.74, 6) is -2.16. The van der Waals surface area contributed by atoms with Gasteiger partial charge in [-0.1, -0.05) is 0 Å². The minimum Gasteiger partial charge on any atom is -0.494 e. The van der Waals surface area contributed by atoms with Crippen molar-refractivity contribution in [2.45, 2.75) is 26.4 Å². The lowest BCUT2D eigenvalue weighted by atomic mass is 10.2. The van der Waals surface area contributed by atoms with Gasteiger partial charge in [-0.05, 0) is 57.2 Å². The van der Waals surface area contributed by atoms with Crippen LogP contribution in [0.15, 0.2) is 36.4 Å². The normalized spacial score (nSPS) is 10.9. The van der Waals surface area contributed by atoms with Gasteiger partial charge in [-0.15, -0.1) is 0 Å². The predicted octanol–water partition coefficient (Wildman–Crippen LogP) is 4.57. The minimum atomic E-state index is -0.719. The molecule has 2 amide bonds. The number of amides is 2. The SMILES string of the molecule is COc1ccc(C(=O)Nc2cc(NC(=O)OC(C)(C)C)ccc2F)cc1F. The third kappa shape index (κ3) is 5.67. The van der Waals surface area contributed by atoms with Gasteiger partial charge in [-0.2, -0.15) is 0 Å².